The smallest absolute Gasteiger partial charge is 0.367 e. The molecule has 0 saturated heterocycles. The van der Waals surface area contributed by atoms with Gasteiger partial charge in [-0.3, -0.25) is 4.79 Å². The van der Waals surface area contributed by atoms with E-state index in [0.29, 0.717) is 6.54 Å². The molecule has 1 amide bonds. The molecule has 110 valence electrons. The highest BCUT2D eigenvalue weighted by molar-refractivity contribution is 7.11. The highest BCUT2D eigenvalue weighted by Crippen LogP contribution is 2.34. The fourth-order valence-corrected chi connectivity index (χ4v) is 2.71. The van der Waals surface area contributed by atoms with Crippen molar-refractivity contribution in [2.24, 2.45) is 0 Å². The zero-order valence-corrected chi connectivity index (χ0v) is 12.4. The number of nitrogens with zero attached hydrogens (tertiary/aromatic N) is 1. The molecule has 1 aliphatic rings. The van der Waals surface area contributed by atoms with Crippen LogP contribution in [0.25, 0.3) is 0 Å². The van der Waals surface area contributed by atoms with Gasteiger partial charge in [0.1, 0.15) is 5.69 Å². The van der Waals surface area contributed by atoms with Crippen molar-refractivity contribution in [2.45, 2.75) is 31.8 Å². The normalized spacial score (nSPS) is 16.3. The van der Waals surface area contributed by atoms with Crippen LogP contribution in [0, 0.1) is 0 Å². The van der Waals surface area contributed by atoms with Gasteiger partial charge in [-0.2, -0.15) is 0 Å². The maximum atomic E-state index is 12.0. The highest BCUT2D eigenvalue weighted by Gasteiger charge is 2.37. The van der Waals surface area contributed by atoms with E-state index in [9.17, 15) is 9.59 Å². The molecule has 1 fully saturated rings. The molecule has 1 aliphatic carbocycles. The van der Waals surface area contributed by atoms with E-state index in [4.69, 9.17) is 9.47 Å². The number of carbonyl (C=O) groups is 2. The SMILES string of the molecule is CCOC(=O)c1nc(C(=O)NCC2(OC)CCC2)cs1. The molecular formula is C13H18N2O4S. The fourth-order valence-electron chi connectivity index (χ4n) is 2.02. The maximum Gasteiger partial charge on any atom is 0.367 e. The van der Waals surface area contributed by atoms with E-state index in [1.807, 2.05) is 0 Å². The van der Waals surface area contributed by atoms with Crippen molar-refractivity contribution in [1.82, 2.24) is 10.3 Å². The van der Waals surface area contributed by atoms with Gasteiger partial charge in [-0.25, -0.2) is 9.78 Å². The van der Waals surface area contributed by atoms with Crippen LogP contribution in [0.15, 0.2) is 5.38 Å². The molecule has 2 rings (SSSR count). The number of ether oxygens (including phenoxy) is 2. The first-order chi connectivity index (χ1) is 9.60. The number of amides is 1. The van der Waals surface area contributed by atoms with Gasteiger partial charge in [-0.1, -0.05) is 0 Å². The number of carbonyl (C=O) groups excluding carboxylic acids is 2. The Balaban J connectivity index is 1.91. The van der Waals surface area contributed by atoms with Crippen molar-refractivity contribution in [3.63, 3.8) is 0 Å². The lowest BCUT2D eigenvalue weighted by molar-refractivity contribution is -0.0679. The summed E-state index contributed by atoms with van der Waals surface area (Å²) in [5, 5.41) is 4.56. The number of thiazole rings is 1. The summed E-state index contributed by atoms with van der Waals surface area (Å²) in [7, 11) is 1.66. The summed E-state index contributed by atoms with van der Waals surface area (Å²) in [5.74, 6) is -0.788. The average Bonchev–Trinajstić information content (AvgIpc) is 2.88. The van der Waals surface area contributed by atoms with Crippen LogP contribution in [-0.4, -0.2) is 42.7 Å². The molecule has 7 heteroatoms. The van der Waals surface area contributed by atoms with Gasteiger partial charge in [-0.15, -0.1) is 11.3 Å². The summed E-state index contributed by atoms with van der Waals surface area (Å²) >= 11 is 1.11. The summed E-state index contributed by atoms with van der Waals surface area (Å²) < 4.78 is 10.3. The Kier molecular flexibility index (Phi) is 4.72. The van der Waals surface area contributed by atoms with Gasteiger partial charge in [0.25, 0.3) is 5.91 Å². The number of aromatic nitrogens is 1. The van der Waals surface area contributed by atoms with Gasteiger partial charge in [0.05, 0.1) is 12.2 Å². The zero-order chi connectivity index (χ0) is 14.6. The molecule has 20 heavy (non-hydrogen) atoms. The minimum Gasteiger partial charge on any atom is -0.461 e. The Morgan fingerprint density at radius 2 is 2.25 bits per heavy atom. The van der Waals surface area contributed by atoms with Gasteiger partial charge < -0.3 is 14.8 Å². The van der Waals surface area contributed by atoms with Crippen molar-refractivity contribution < 1.29 is 19.1 Å². The minimum atomic E-state index is -0.496. The van der Waals surface area contributed by atoms with Crippen LogP contribution in [0.5, 0.6) is 0 Å². The van der Waals surface area contributed by atoms with Crippen molar-refractivity contribution in [2.75, 3.05) is 20.3 Å². The fraction of sp³-hybridized carbons (Fsp3) is 0.615. The van der Waals surface area contributed by atoms with Crippen LogP contribution in [0.4, 0.5) is 0 Å². The van der Waals surface area contributed by atoms with E-state index in [0.717, 1.165) is 30.6 Å². The second kappa shape index (κ2) is 6.32. The third kappa shape index (κ3) is 3.16. The summed E-state index contributed by atoms with van der Waals surface area (Å²) in [6, 6.07) is 0. The predicted octanol–water partition coefficient (Wildman–Crippen LogP) is 1.62. The molecule has 0 aliphatic heterocycles. The number of methoxy groups -OCH3 is 1. The first-order valence-electron chi connectivity index (χ1n) is 6.56. The first kappa shape index (κ1) is 14.9. The molecule has 0 spiro atoms. The minimum absolute atomic E-state index is 0.196. The van der Waals surface area contributed by atoms with Crippen LogP contribution in [0.2, 0.25) is 0 Å². The average molecular weight is 298 g/mol. The van der Waals surface area contributed by atoms with Crippen LogP contribution < -0.4 is 5.32 Å². The van der Waals surface area contributed by atoms with Crippen LogP contribution in [0.1, 0.15) is 46.5 Å². The first-order valence-corrected chi connectivity index (χ1v) is 7.44. The molecule has 0 unspecified atom stereocenters. The van der Waals surface area contributed by atoms with Crippen LogP contribution >= 0.6 is 11.3 Å². The molecule has 1 heterocycles. The number of hydrogen-bond acceptors (Lipinski definition) is 6. The largest absolute Gasteiger partial charge is 0.461 e. The van der Waals surface area contributed by atoms with E-state index in [1.165, 1.54) is 0 Å². The second-order valence-corrected chi connectivity index (χ2v) is 5.54. The van der Waals surface area contributed by atoms with E-state index in [-0.39, 0.29) is 28.8 Å². The molecular weight excluding hydrogens is 280 g/mol. The third-order valence-electron chi connectivity index (χ3n) is 3.46. The van der Waals surface area contributed by atoms with Gasteiger partial charge in [-0.05, 0) is 26.2 Å². The molecule has 1 aromatic rings. The van der Waals surface area contributed by atoms with Gasteiger partial charge in [0.2, 0.25) is 5.01 Å². The molecule has 1 aromatic heterocycles. The predicted molar refractivity (Wildman–Crippen MR) is 74.0 cm³/mol. The monoisotopic (exact) mass is 298 g/mol. The lowest BCUT2D eigenvalue weighted by Crippen LogP contribution is -2.49. The molecule has 1 saturated carbocycles. The number of hydrogen-bond donors (Lipinski definition) is 1. The van der Waals surface area contributed by atoms with Gasteiger partial charge in [0, 0.05) is 19.0 Å². The topological polar surface area (TPSA) is 77.5 Å². The Morgan fingerprint density at radius 1 is 1.50 bits per heavy atom. The van der Waals surface area contributed by atoms with Crippen molar-refractivity contribution in [1.29, 1.82) is 0 Å². The summed E-state index contributed by atoms with van der Waals surface area (Å²) in [6.07, 6.45) is 3.03. The maximum absolute atomic E-state index is 12.0. The van der Waals surface area contributed by atoms with Gasteiger partial charge >= 0.3 is 5.97 Å². The van der Waals surface area contributed by atoms with E-state index in [1.54, 1.807) is 19.4 Å². The zero-order valence-electron chi connectivity index (χ0n) is 11.6. The molecule has 0 aromatic carbocycles. The quantitative estimate of drug-likeness (QED) is 0.807. The molecule has 0 atom stereocenters. The standard InChI is InChI=1S/C13H18N2O4S/c1-3-19-12(17)11-15-9(7-20-11)10(16)14-8-13(18-2)5-4-6-13/h7H,3-6,8H2,1-2H3,(H,14,16). The summed E-state index contributed by atoms with van der Waals surface area (Å²) in [4.78, 5) is 27.4. The second-order valence-electron chi connectivity index (χ2n) is 4.68. The Hall–Kier alpha value is -1.47. The van der Waals surface area contributed by atoms with E-state index >= 15 is 0 Å². The van der Waals surface area contributed by atoms with Crippen molar-refractivity contribution in [3.05, 3.63) is 16.1 Å². The number of nitrogens with one attached hydrogen (secondary N) is 1. The van der Waals surface area contributed by atoms with E-state index in [2.05, 4.69) is 10.3 Å². The molecule has 6 nitrogen and oxygen atoms in total. The van der Waals surface area contributed by atoms with Crippen LogP contribution in [0.3, 0.4) is 0 Å². The summed E-state index contributed by atoms with van der Waals surface area (Å²) in [5.41, 5.74) is 0.0129. The Bertz CT molecular complexity index is 491. The van der Waals surface area contributed by atoms with Crippen molar-refractivity contribution >= 4 is 23.2 Å². The molecule has 0 bridgehead atoms. The number of rotatable bonds is 6. The molecule has 1 N–H and O–H groups in total. The Morgan fingerprint density at radius 3 is 2.80 bits per heavy atom. The third-order valence-corrected chi connectivity index (χ3v) is 4.28. The molecule has 0 radical (unpaired) electrons. The lowest BCUT2D eigenvalue weighted by Gasteiger charge is -2.40. The van der Waals surface area contributed by atoms with E-state index < -0.39 is 5.97 Å². The number of esters is 1. The van der Waals surface area contributed by atoms with Crippen LogP contribution in [-0.2, 0) is 9.47 Å². The van der Waals surface area contributed by atoms with Crippen molar-refractivity contribution in [3.8, 4) is 0 Å². The summed E-state index contributed by atoms with van der Waals surface area (Å²) in [6.45, 7) is 2.48. The van der Waals surface area contributed by atoms with Gasteiger partial charge in [0.15, 0.2) is 0 Å². The highest BCUT2D eigenvalue weighted by atomic mass is 32.1. The Labute approximate surface area is 121 Å². The lowest BCUT2D eigenvalue weighted by atomic mass is 9.80.